The molecular formula is C40H26N4. The van der Waals surface area contributed by atoms with E-state index in [4.69, 9.17) is 15.0 Å². The fourth-order valence-corrected chi connectivity index (χ4v) is 5.30. The maximum Gasteiger partial charge on any atom is 0.0991 e. The zero-order valence-corrected chi connectivity index (χ0v) is 23.8. The third-order valence-electron chi connectivity index (χ3n) is 7.60. The smallest absolute Gasteiger partial charge is 0.0991 e. The van der Waals surface area contributed by atoms with Gasteiger partial charge in [0.05, 0.1) is 40.1 Å². The molecule has 2 heterocycles. The van der Waals surface area contributed by atoms with Crippen LogP contribution in [-0.4, -0.2) is 15.0 Å². The Bertz CT molecular complexity index is 2060. The summed E-state index contributed by atoms with van der Waals surface area (Å²) in [7, 11) is 0. The van der Waals surface area contributed by atoms with Gasteiger partial charge in [0.1, 0.15) is 0 Å². The highest BCUT2D eigenvalue weighted by Gasteiger charge is 2.20. The Hall–Kier alpha value is -6.18. The average Bonchev–Trinajstić information content (AvgIpc) is 3.12. The molecule has 0 unspecified atom stereocenters. The van der Waals surface area contributed by atoms with Gasteiger partial charge < -0.3 is 0 Å². The summed E-state index contributed by atoms with van der Waals surface area (Å²) < 4.78 is 0. The van der Waals surface area contributed by atoms with E-state index in [1.165, 1.54) is 0 Å². The Labute approximate surface area is 256 Å². The first-order valence-corrected chi connectivity index (χ1v) is 14.4. The van der Waals surface area contributed by atoms with Crippen LogP contribution in [0.1, 0.15) is 5.56 Å². The maximum absolute atomic E-state index is 9.17. The molecule has 2 aromatic heterocycles. The van der Waals surface area contributed by atoms with Crippen molar-refractivity contribution in [2.75, 3.05) is 0 Å². The van der Waals surface area contributed by atoms with E-state index in [1.807, 2.05) is 91.1 Å². The topological polar surface area (TPSA) is 62.5 Å². The molecule has 0 aliphatic heterocycles. The molecule has 0 radical (unpaired) electrons. The molecule has 206 valence electrons. The van der Waals surface area contributed by atoms with Gasteiger partial charge >= 0.3 is 0 Å². The summed E-state index contributed by atoms with van der Waals surface area (Å²) in [6.07, 6.45) is 1.89. The van der Waals surface area contributed by atoms with Crippen molar-refractivity contribution in [3.05, 3.63) is 163 Å². The van der Waals surface area contributed by atoms with Crippen LogP contribution in [0.5, 0.6) is 0 Å². The van der Waals surface area contributed by atoms with Gasteiger partial charge in [-0.3, -0.25) is 4.98 Å². The Balaban J connectivity index is 1.39. The number of rotatable bonds is 6. The third-order valence-corrected chi connectivity index (χ3v) is 7.60. The Morgan fingerprint density at radius 1 is 0.364 bits per heavy atom. The van der Waals surface area contributed by atoms with E-state index < -0.39 is 0 Å². The maximum atomic E-state index is 9.17. The van der Waals surface area contributed by atoms with Crippen LogP contribution in [0.25, 0.3) is 67.4 Å². The lowest BCUT2D eigenvalue weighted by molar-refractivity contribution is 1.20. The molecule has 5 aromatic carbocycles. The molecule has 0 saturated carbocycles. The largest absolute Gasteiger partial charge is 0.256 e. The van der Waals surface area contributed by atoms with E-state index >= 15 is 0 Å². The lowest BCUT2D eigenvalue weighted by Gasteiger charge is -2.16. The predicted molar refractivity (Wildman–Crippen MR) is 177 cm³/mol. The number of nitriles is 1. The van der Waals surface area contributed by atoms with Gasteiger partial charge in [0, 0.05) is 34.0 Å². The molecule has 0 fully saturated rings. The first-order chi connectivity index (χ1) is 21.8. The molecule has 4 nitrogen and oxygen atoms in total. The van der Waals surface area contributed by atoms with Gasteiger partial charge in [-0.15, -0.1) is 0 Å². The summed E-state index contributed by atoms with van der Waals surface area (Å²) in [4.78, 5) is 15.5. The zero-order chi connectivity index (χ0) is 29.7. The highest BCUT2D eigenvalue weighted by atomic mass is 14.9. The fraction of sp³-hybridized carbons (Fsp3) is 0. The monoisotopic (exact) mass is 562 g/mol. The third kappa shape index (κ3) is 5.38. The van der Waals surface area contributed by atoms with Crippen LogP contribution in [0.2, 0.25) is 0 Å². The molecule has 0 aliphatic rings. The van der Waals surface area contributed by atoms with E-state index in [-0.39, 0.29) is 0 Å². The van der Waals surface area contributed by atoms with E-state index in [1.54, 1.807) is 0 Å². The summed E-state index contributed by atoms with van der Waals surface area (Å²) >= 11 is 0. The molecule has 0 N–H and O–H groups in total. The number of hydrogen-bond acceptors (Lipinski definition) is 4. The first-order valence-electron chi connectivity index (χ1n) is 14.4. The molecule has 0 bridgehead atoms. The van der Waals surface area contributed by atoms with Crippen LogP contribution in [0.3, 0.4) is 0 Å². The summed E-state index contributed by atoms with van der Waals surface area (Å²) in [6, 6.07) is 52.9. The van der Waals surface area contributed by atoms with Crippen LogP contribution in [-0.2, 0) is 0 Å². The minimum Gasteiger partial charge on any atom is -0.256 e. The molecule has 4 heteroatoms. The highest BCUT2D eigenvalue weighted by Crippen LogP contribution is 2.38. The van der Waals surface area contributed by atoms with Gasteiger partial charge in [-0.2, -0.15) is 5.26 Å². The molecule has 0 amide bonds. The van der Waals surface area contributed by atoms with Crippen LogP contribution < -0.4 is 0 Å². The van der Waals surface area contributed by atoms with Crippen molar-refractivity contribution < 1.29 is 0 Å². The van der Waals surface area contributed by atoms with Crippen molar-refractivity contribution in [1.29, 1.82) is 5.26 Å². The minimum atomic E-state index is 0.645. The number of nitrogens with zero attached hydrogens (tertiary/aromatic N) is 4. The molecule has 7 rings (SSSR count). The van der Waals surface area contributed by atoms with Gasteiger partial charge in [-0.25, -0.2) is 9.97 Å². The van der Waals surface area contributed by atoms with Crippen molar-refractivity contribution >= 4 is 0 Å². The molecule has 0 aliphatic carbocycles. The van der Waals surface area contributed by atoms with Gasteiger partial charge in [0.25, 0.3) is 0 Å². The predicted octanol–water partition coefficient (Wildman–Crippen LogP) is 9.75. The van der Waals surface area contributed by atoms with Crippen molar-refractivity contribution in [2.24, 2.45) is 0 Å². The summed E-state index contributed by atoms with van der Waals surface area (Å²) in [6.45, 7) is 0. The van der Waals surface area contributed by atoms with Crippen LogP contribution in [0, 0.1) is 11.3 Å². The molecule has 7 aromatic rings. The van der Waals surface area contributed by atoms with Gasteiger partial charge in [0.2, 0.25) is 0 Å². The standard InChI is InChI=1S/C40H26N4/c41-26-28-16-18-29(19-17-28)30-20-22-34(23-21-30)39-37(32-12-6-2-7-13-32)44-40(38(43-39)33-14-8-3-9-15-33)35-24-25-36(42-27-35)31-10-4-1-5-11-31/h1-25,27H. The minimum absolute atomic E-state index is 0.645. The van der Waals surface area contributed by atoms with E-state index in [9.17, 15) is 5.26 Å². The van der Waals surface area contributed by atoms with Crippen molar-refractivity contribution in [3.8, 4) is 73.5 Å². The molecule has 0 saturated heterocycles. The van der Waals surface area contributed by atoms with Gasteiger partial charge in [0.15, 0.2) is 0 Å². The SMILES string of the molecule is N#Cc1ccc(-c2ccc(-c3nc(-c4ccccc4)c(-c4ccc(-c5ccccc5)nc4)nc3-c3ccccc3)cc2)cc1. The lowest BCUT2D eigenvalue weighted by atomic mass is 9.97. The molecule has 44 heavy (non-hydrogen) atoms. The lowest BCUT2D eigenvalue weighted by Crippen LogP contribution is -2.01. The van der Waals surface area contributed by atoms with E-state index in [0.717, 1.165) is 67.4 Å². The van der Waals surface area contributed by atoms with Gasteiger partial charge in [-0.05, 0) is 35.4 Å². The van der Waals surface area contributed by atoms with E-state index in [2.05, 4.69) is 72.8 Å². The van der Waals surface area contributed by atoms with Crippen molar-refractivity contribution in [1.82, 2.24) is 15.0 Å². The van der Waals surface area contributed by atoms with Crippen molar-refractivity contribution in [3.63, 3.8) is 0 Å². The molecule has 0 spiro atoms. The number of benzene rings is 5. The molecule has 0 atom stereocenters. The van der Waals surface area contributed by atoms with Gasteiger partial charge in [-0.1, -0.05) is 127 Å². The Kier molecular flexibility index (Phi) is 7.26. The quantitative estimate of drug-likeness (QED) is 0.202. The second-order valence-corrected chi connectivity index (χ2v) is 10.4. The number of hydrogen-bond donors (Lipinski definition) is 0. The summed E-state index contributed by atoms with van der Waals surface area (Å²) in [5, 5.41) is 9.17. The Morgan fingerprint density at radius 3 is 1.20 bits per heavy atom. The molecular weight excluding hydrogens is 536 g/mol. The second kappa shape index (κ2) is 12.0. The summed E-state index contributed by atoms with van der Waals surface area (Å²) in [5.74, 6) is 0. The number of aromatic nitrogens is 3. The van der Waals surface area contributed by atoms with Crippen LogP contribution in [0.4, 0.5) is 0 Å². The zero-order valence-electron chi connectivity index (χ0n) is 23.8. The van der Waals surface area contributed by atoms with E-state index in [0.29, 0.717) is 5.56 Å². The van der Waals surface area contributed by atoms with Crippen molar-refractivity contribution in [2.45, 2.75) is 0 Å². The summed E-state index contributed by atoms with van der Waals surface area (Å²) in [5.41, 5.74) is 11.8. The normalized spacial score (nSPS) is 10.7. The number of pyridine rings is 1. The fourth-order valence-electron chi connectivity index (χ4n) is 5.30. The van der Waals surface area contributed by atoms with Crippen LogP contribution >= 0.6 is 0 Å². The first kappa shape index (κ1) is 26.7. The Morgan fingerprint density at radius 2 is 0.750 bits per heavy atom. The van der Waals surface area contributed by atoms with Crippen LogP contribution in [0.15, 0.2) is 158 Å². The second-order valence-electron chi connectivity index (χ2n) is 10.4. The average molecular weight is 563 g/mol. The highest BCUT2D eigenvalue weighted by molar-refractivity contribution is 5.87.